The number of nitrogens with zero attached hydrogens (tertiary/aromatic N) is 1. The maximum absolute atomic E-state index is 12.4. The first kappa shape index (κ1) is 16.4. The maximum atomic E-state index is 12.4. The number of rotatable bonds is 2. The first-order chi connectivity index (χ1) is 9.80. The summed E-state index contributed by atoms with van der Waals surface area (Å²) in [7, 11) is 0. The molecule has 1 heterocycles. The van der Waals surface area contributed by atoms with E-state index in [1.165, 1.54) is 0 Å². The van der Waals surface area contributed by atoms with Crippen molar-refractivity contribution < 1.29 is 14.6 Å². The molecule has 0 aromatic heterocycles. The molecule has 1 unspecified atom stereocenters. The van der Waals surface area contributed by atoms with Crippen molar-refractivity contribution >= 4 is 34.9 Å². The van der Waals surface area contributed by atoms with E-state index in [0.29, 0.717) is 28.8 Å². The molecule has 5 nitrogen and oxygen atoms in total. The van der Waals surface area contributed by atoms with Gasteiger partial charge >= 0.3 is 6.03 Å². The van der Waals surface area contributed by atoms with Crippen LogP contribution in [0.5, 0.6) is 0 Å². The monoisotopic (exact) mass is 332 g/mol. The van der Waals surface area contributed by atoms with Crippen molar-refractivity contribution in [3.63, 3.8) is 0 Å². The van der Waals surface area contributed by atoms with E-state index < -0.39 is 11.7 Å². The molecule has 1 fully saturated rings. The summed E-state index contributed by atoms with van der Waals surface area (Å²) in [6.45, 7) is 4.37. The van der Waals surface area contributed by atoms with Gasteiger partial charge in [0.1, 0.15) is 0 Å². The zero-order valence-electron chi connectivity index (χ0n) is 11.9. The number of nitrogens with one attached hydrogen (secondary N) is 1. The number of morpholine rings is 1. The minimum absolute atomic E-state index is 0.134. The Bertz CT molecular complexity index is 537. The van der Waals surface area contributed by atoms with Gasteiger partial charge < -0.3 is 20.1 Å². The molecule has 21 heavy (non-hydrogen) atoms. The fourth-order valence-corrected chi connectivity index (χ4v) is 2.67. The number of halogens is 2. The molecular formula is C14H18Cl2N2O3. The van der Waals surface area contributed by atoms with Crippen molar-refractivity contribution in [2.45, 2.75) is 25.6 Å². The Morgan fingerprint density at radius 1 is 1.52 bits per heavy atom. The van der Waals surface area contributed by atoms with Gasteiger partial charge in [-0.2, -0.15) is 0 Å². The molecule has 2 rings (SSSR count). The summed E-state index contributed by atoms with van der Waals surface area (Å²) in [5.74, 6) is 0. The molecule has 0 spiro atoms. The van der Waals surface area contributed by atoms with E-state index in [9.17, 15) is 9.90 Å². The smallest absolute Gasteiger partial charge is 0.322 e. The third kappa shape index (κ3) is 4.23. The lowest BCUT2D eigenvalue weighted by molar-refractivity contribution is -0.137. The molecule has 0 aliphatic carbocycles. The number of benzene rings is 1. The summed E-state index contributed by atoms with van der Waals surface area (Å²) < 4.78 is 5.68. The standard InChI is InChI=1S/C14H18Cl2N2O3/c1-14(2)8-18(6-10(7-19)21-14)13(20)17-12-5-9(15)3-4-11(12)16/h3-5,10,19H,6-8H2,1-2H3,(H,17,20). The number of aliphatic hydroxyl groups excluding tert-OH is 1. The number of hydrogen-bond donors (Lipinski definition) is 2. The highest BCUT2D eigenvalue weighted by atomic mass is 35.5. The van der Waals surface area contributed by atoms with Gasteiger partial charge in [0.2, 0.25) is 0 Å². The van der Waals surface area contributed by atoms with Crippen LogP contribution >= 0.6 is 23.2 Å². The normalized spacial score (nSPS) is 21.2. The van der Waals surface area contributed by atoms with Crippen molar-refractivity contribution in [2.24, 2.45) is 0 Å². The summed E-state index contributed by atoms with van der Waals surface area (Å²) in [6.07, 6.45) is -0.394. The van der Waals surface area contributed by atoms with Crippen LogP contribution in [0.15, 0.2) is 18.2 Å². The van der Waals surface area contributed by atoms with Crippen LogP contribution in [0, 0.1) is 0 Å². The van der Waals surface area contributed by atoms with Crippen LogP contribution in [0.4, 0.5) is 10.5 Å². The van der Waals surface area contributed by atoms with E-state index in [4.69, 9.17) is 27.9 Å². The van der Waals surface area contributed by atoms with Crippen molar-refractivity contribution in [3.8, 4) is 0 Å². The predicted octanol–water partition coefficient (Wildman–Crippen LogP) is 3.00. The Morgan fingerprint density at radius 2 is 2.24 bits per heavy atom. The van der Waals surface area contributed by atoms with Gasteiger partial charge in [-0.3, -0.25) is 0 Å². The van der Waals surface area contributed by atoms with Gasteiger partial charge in [-0.15, -0.1) is 0 Å². The molecule has 2 amide bonds. The third-order valence-electron chi connectivity index (χ3n) is 3.14. The number of urea groups is 1. The van der Waals surface area contributed by atoms with Gasteiger partial charge in [0.15, 0.2) is 0 Å². The van der Waals surface area contributed by atoms with Crippen molar-refractivity contribution in [3.05, 3.63) is 28.2 Å². The van der Waals surface area contributed by atoms with E-state index in [-0.39, 0.29) is 12.6 Å². The summed E-state index contributed by atoms with van der Waals surface area (Å²) in [5.41, 5.74) is -0.0554. The summed E-state index contributed by atoms with van der Waals surface area (Å²) in [5, 5.41) is 12.9. The average molecular weight is 333 g/mol. The van der Waals surface area contributed by atoms with Crippen LogP contribution in [-0.2, 0) is 4.74 Å². The lowest BCUT2D eigenvalue weighted by Crippen LogP contribution is -2.56. The number of anilines is 1. The molecule has 1 aromatic carbocycles. The average Bonchev–Trinajstić information content (AvgIpc) is 2.41. The quantitative estimate of drug-likeness (QED) is 0.875. The van der Waals surface area contributed by atoms with Crippen LogP contribution < -0.4 is 5.32 Å². The highest BCUT2D eigenvalue weighted by Crippen LogP contribution is 2.27. The van der Waals surface area contributed by atoms with Crippen LogP contribution in [0.3, 0.4) is 0 Å². The van der Waals surface area contributed by atoms with Gasteiger partial charge in [0.25, 0.3) is 0 Å². The number of aliphatic hydroxyl groups is 1. The second-order valence-electron chi connectivity index (χ2n) is 5.62. The van der Waals surface area contributed by atoms with Gasteiger partial charge in [-0.25, -0.2) is 4.79 Å². The molecule has 0 bridgehead atoms. The Morgan fingerprint density at radius 3 is 2.90 bits per heavy atom. The summed E-state index contributed by atoms with van der Waals surface area (Å²) in [4.78, 5) is 14.0. The van der Waals surface area contributed by atoms with Crippen molar-refractivity contribution in [1.29, 1.82) is 0 Å². The Hall–Kier alpha value is -1.01. The molecule has 1 aromatic rings. The second kappa shape index (κ2) is 6.40. The van der Waals surface area contributed by atoms with Crippen LogP contribution in [0.1, 0.15) is 13.8 Å². The Balaban J connectivity index is 2.10. The van der Waals surface area contributed by atoms with E-state index in [1.807, 2.05) is 13.8 Å². The van der Waals surface area contributed by atoms with Gasteiger partial charge in [0, 0.05) is 5.02 Å². The van der Waals surface area contributed by atoms with Crippen LogP contribution in [-0.4, -0.2) is 47.4 Å². The lowest BCUT2D eigenvalue weighted by Gasteiger charge is -2.42. The van der Waals surface area contributed by atoms with Crippen molar-refractivity contribution in [2.75, 3.05) is 25.0 Å². The first-order valence-electron chi connectivity index (χ1n) is 6.60. The zero-order chi connectivity index (χ0) is 15.6. The molecule has 0 saturated carbocycles. The van der Waals surface area contributed by atoms with E-state index in [2.05, 4.69) is 5.32 Å². The molecule has 1 aliphatic rings. The number of ether oxygens (including phenoxy) is 1. The molecule has 2 N–H and O–H groups in total. The highest BCUT2D eigenvalue weighted by Gasteiger charge is 2.35. The van der Waals surface area contributed by atoms with E-state index >= 15 is 0 Å². The van der Waals surface area contributed by atoms with Crippen molar-refractivity contribution in [1.82, 2.24) is 4.90 Å². The molecule has 116 valence electrons. The van der Waals surface area contributed by atoms with Crippen LogP contribution in [0.2, 0.25) is 10.0 Å². The molecule has 1 atom stereocenters. The Labute approximate surface area is 133 Å². The van der Waals surface area contributed by atoms with E-state index in [0.717, 1.165) is 0 Å². The summed E-state index contributed by atoms with van der Waals surface area (Å²) in [6, 6.07) is 4.57. The lowest BCUT2D eigenvalue weighted by atomic mass is 10.1. The third-order valence-corrected chi connectivity index (χ3v) is 3.71. The molecule has 1 saturated heterocycles. The number of carbonyl (C=O) groups is 1. The molecule has 1 aliphatic heterocycles. The fourth-order valence-electron chi connectivity index (χ4n) is 2.33. The summed E-state index contributed by atoms with van der Waals surface area (Å²) >= 11 is 11.9. The van der Waals surface area contributed by atoms with Gasteiger partial charge in [-0.1, -0.05) is 23.2 Å². The largest absolute Gasteiger partial charge is 0.394 e. The molecular weight excluding hydrogens is 315 g/mol. The minimum atomic E-state index is -0.513. The first-order valence-corrected chi connectivity index (χ1v) is 7.36. The molecule has 0 radical (unpaired) electrons. The highest BCUT2D eigenvalue weighted by molar-refractivity contribution is 6.35. The maximum Gasteiger partial charge on any atom is 0.322 e. The topological polar surface area (TPSA) is 61.8 Å². The number of carbonyl (C=O) groups excluding carboxylic acids is 1. The minimum Gasteiger partial charge on any atom is -0.394 e. The fraction of sp³-hybridized carbons (Fsp3) is 0.500. The zero-order valence-corrected chi connectivity index (χ0v) is 13.4. The predicted molar refractivity (Wildman–Crippen MR) is 83.1 cm³/mol. The van der Waals surface area contributed by atoms with Gasteiger partial charge in [0.05, 0.1) is 42.1 Å². The number of amides is 2. The SMILES string of the molecule is CC1(C)CN(C(=O)Nc2cc(Cl)ccc2Cl)CC(CO)O1. The van der Waals surface area contributed by atoms with Gasteiger partial charge in [-0.05, 0) is 32.0 Å². The van der Waals surface area contributed by atoms with Crippen LogP contribution in [0.25, 0.3) is 0 Å². The Kier molecular flexibility index (Phi) is 4.99. The number of hydrogen-bond acceptors (Lipinski definition) is 3. The second-order valence-corrected chi connectivity index (χ2v) is 6.46. The molecule has 7 heteroatoms. The van der Waals surface area contributed by atoms with E-state index in [1.54, 1.807) is 23.1 Å².